The van der Waals surface area contributed by atoms with Gasteiger partial charge >= 0.3 is 6.03 Å². The van der Waals surface area contributed by atoms with Crippen molar-refractivity contribution in [1.82, 2.24) is 5.32 Å². The normalized spacial score (nSPS) is 11.4. The molecule has 0 aromatic heterocycles. The second-order valence-electron chi connectivity index (χ2n) is 6.12. The molecule has 0 bridgehead atoms. The number of anilines is 1. The van der Waals surface area contributed by atoms with E-state index in [9.17, 15) is 4.79 Å². The number of benzene rings is 2. The van der Waals surface area contributed by atoms with E-state index in [1.165, 1.54) is 0 Å². The first-order valence-electron chi connectivity index (χ1n) is 8.41. The van der Waals surface area contributed by atoms with Crippen LogP contribution in [-0.2, 0) is 0 Å². The van der Waals surface area contributed by atoms with Crippen molar-refractivity contribution >= 4 is 11.7 Å². The van der Waals surface area contributed by atoms with Crippen molar-refractivity contribution in [3.63, 3.8) is 0 Å². The van der Waals surface area contributed by atoms with Gasteiger partial charge in [-0.15, -0.1) is 6.42 Å². The van der Waals surface area contributed by atoms with Crippen LogP contribution in [0.25, 0.3) is 0 Å². The third-order valence-electron chi connectivity index (χ3n) is 3.69. The van der Waals surface area contributed by atoms with Crippen molar-refractivity contribution in [1.29, 1.82) is 0 Å². The van der Waals surface area contributed by atoms with Crippen LogP contribution in [0, 0.1) is 12.3 Å². The topological polar surface area (TPSA) is 59.6 Å². The quantitative estimate of drug-likeness (QED) is 0.760. The molecule has 0 aliphatic rings. The molecule has 0 aliphatic heterocycles. The van der Waals surface area contributed by atoms with E-state index in [0.29, 0.717) is 22.7 Å². The minimum atomic E-state index is -0.312. The molecule has 2 N–H and O–H groups in total. The molecule has 0 saturated carbocycles. The molecule has 2 aromatic rings. The van der Waals surface area contributed by atoms with Crippen molar-refractivity contribution in [3.8, 4) is 23.8 Å². The Morgan fingerprint density at radius 3 is 2.54 bits per heavy atom. The summed E-state index contributed by atoms with van der Waals surface area (Å²) < 4.78 is 11.1. The SMILES string of the molecule is C#Cc1cccc(NC(=O)NC(C)c2ccc(OC(C)C)c(OC)c2)c1. The maximum atomic E-state index is 12.2. The second kappa shape index (κ2) is 8.82. The lowest BCUT2D eigenvalue weighted by Crippen LogP contribution is -2.31. The van der Waals surface area contributed by atoms with Crippen LogP contribution in [0.2, 0.25) is 0 Å². The van der Waals surface area contributed by atoms with Gasteiger partial charge in [-0.05, 0) is 56.7 Å². The first kappa shape index (κ1) is 19.2. The molecular weight excluding hydrogens is 328 g/mol. The number of carbonyl (C=O) groups excluding carboxylic acids is 1. The average molecular weight is 352 g/mol. The molecule has 136 valence electrons. The van der Waals surface area contributed by atoms with Gasteiger partial charge in [0.05, 0.1) is 19.3 Å². The van der Waals surface area contributed by atoms with Crippen LogP contribution in [0.3, 0.4) is 0 Å². The van der Waals surface area contributed by atoms with Gasteiger partial charge in [0.2, 0.25) is 0 Å². The number of hydrogen-bond acceptors (Lipinski definition) is 3. The molecule has 26 heavy (non-hydrogen) atoms. The highest BCUT2D eigenvalue weighted by Gasteiger charge is 2.14. The van der Waals surface area contributed by atoms with Gasteiger partial charge in [-0.2, -0.15) is 0 Å². The average Bonchev–Trinajstić information content (AvgIpc) is 2.61. The fourth-order valence-electron chi connectivity index (χ4n) is 2.44. The zero-order chi connectivity index (χ0) is 19.1. The maximum Gasteiger partial charge on any atom is 0.319 e. The standard InChI is InChI=1S/C21H24N2O3/c1-6-16-8-7-9-18(12-16)23-21(24)22-15(4)17-10-11-19(26-14(2)3)20(13-17)25-5/h1,7-15H,2-5H3,(H2,22,23,24). The van der Waals surface area contributed by atoms with E-state index in [1.54, 1.807) is 31.4 Å². The van der Waals surface area contributed by atoms with Gasteiger partial charge in [0.15, 0.2) is 11.5 Å². The summed E-state index contributed by atoms with van der Waals surface area (Å²) in [7, 11) is 1.59. The van der Waals surface area contributed by atoms with Crippen LogP contribution < -0.4 is 20.1 Å². The molecular formula is C21H24N2O3. The molecule has 0 saturated heterocycles. The third kappa shape index (κ3) is 5.18. The van der Waals surface area contributed by atoms with E-state index in [0.717, 1.165) is 5.56 Å². The minimum Gasteiger partial charge on any atom is -0.493 e. The number of terminal acetylenes is 1. The van der Waals surface area contributed by atoms with Gasteiger partial charge < -0.3 is 20.1 Å². The molecule has 0 fully saturated rings. The van der Waals surface area contributed by atoms with E-state index < -0.39 is 0 Å². The predicted octanol–water partition coefficient (Wildman–Crippen LogP) is 4.35. The Hall–Kier alpha value is -3.13. The summed E-state index contributed by atoms with van der Waals surface area (Å²) in [6.45, 7) is 5.81. The van der Waals surface area contributed by atoms with E-state index >= 15 is 0 Å². The van der Waals surface area contributed by atoms with Crippen LogP contribution in [0.5, 0.6) is 11.5 Å². The van der Waals surface area contributed by atoms with Gasteiger partial charge in [-0.1, -0.05) is 18.1 Å². The monoisotopic (exact) mass is 352 g/mol. The first-order chi connectivity index (χ1) is 12.4. The number of amides is 2. The van der Waals surface area contributed by atoms with Crippen molar-refractivity contribution in [3.05, 3.63) is 53.6 Å². The molecule has 0 spiro atoms. The number of methoxy groups -OCH3 is 1. The molecule has 0 radical (unpaired) electrons. The second-order valence-corrected chi connectivity index (χ2v) is 6.12. The molecule has 5 heteroatoms. The Labute approximate surface area is 154 Å². The van der Waals surface area contributed by atoms with Crippen LogP contribution in [0.15, 0.2) is 42.5 Å². The molecule has 0 aliphatic carbocycles. The summed E-state index contributed by atoms with van der Waals surface area (Å²) in [5, 5.41) is 5.68. The number of carbonyl (C=O) groups is 1. The Morgan fingerprint density at radius 2 is 1.88 bits per heavy atom. The van der Waals surface area contributed by atoms with Gasteiger partial charge in [0.1, 0.15) is 0 Å². The number of ether oxygens (including phenoxy) is 2. The van der Waals surface area contributed by atoms with Crippen LogP contribution in [-0.4, -0.2) is 19.2 Å². The molecule has 2 rings (SSSR count). The predicted molar refractivity (Wildman–Crippen MR) is 104 cm³/mol. The fraction of sp³-hybridized carbons (Fsp3) is 0.286. The Balaban J connectivity index is 2.05. The molecule has 2 aromatic carbocycles. The van der Waals surface area contributed by atoms with Crippen molar-refractivity contribution in [2.75, 3.05) is 12.4 Å². The largest absolute Gasteiger partial charge is 0.493 e. The number of nitrogens with one attached hydrogen (secondary N) is 2. The van der Waals surface area contributed by atoms with Gasteiger partial charge in [-0.25, -0.2) is 4.79 Å². The number of rotatable bonds is 6. The van der Waals surface area contributed by atoms with Gasteiger partial charge in [0, 0.05) is 11.3 Å². The summed E-state index contributed by atoms with van der Waals surface area (Å²) in [6, 6.07) is 12.2. The van der Waals surface area contributed by atoms with Crippen LogP contribution in [0.4, 0.5) is 10.5 Å². The summed E-state index contributed by atoms with van der Waals surface area (Å²) in [5.74, 6) is 3.85. The van der Waals surface area contributed by atoms with Gasteiger partial charge in [0.25, 0.3) is 0 Å². The van der Waals surface area contributed by atoms with Crippen LogP contribution in [0.1, 0.15) is 37.9 Å². The third-order valence-corrected chi connectivity index (χ3v) is 3.69. The summed E-state index contributed by atoms with van der Waals surface area (Å²) >= 11 is 0. The highest BCUT2D eigenvalue weighted by atomic mass is 16.5. The lowest BCUT2D eigenvalue weighted by atomic mass is 10.1. The van der Waals surface area contributed by atoms with E-state index in [4.69, 9.17) is 15.9 Å². The smallest absolute Gasteiger partial charge is 0.319 e. The molecule has 0 heterocycles. The lowest BCUT2D eigenvalue weighted by Gasteiger charge is -2.18. The molecule has 5 nitrogen and oxygen atoms in total. The molecule has 1 unspecified atom stereocenters. The maximum absolute atomic E-state index is 12.2. The number of hydrogen-bond donors (Lipinski definition) is 2. The lowest BCUT2D eigenvalue weighted by molar-refractivity contribution is 0.230. The van der Waals surface area contributed by atoms with E-state index in [1.807, 2.05) is 39.0 Å². The molecule has 1 atom stereocenters. The Morgan fingerprint density at radius 1 is 1.12 bits per heavy atom. The summed E-state index contributed by atoms with van der Waals surface area (Å²) in [6.07, 6.45) is 5.43. The number of urea groups is 1. The van der Waals surface area contributed by atoms with E-state index in [-0.39, 0.29) is 18.2 Å². The molecule has 2 amide bonds. The minimum absolute atomic E-state index is 0.0508. The van der Waals surface area contributed by atoms with Crippen LogP contribution >= 0.6 is 0 Å². The van der Waals surface area contributed by atoms with Gasteiger partial charge in [-0.3, -0.25) is 0 Å². The Kier molecular flexibility index (Phi) is 6.51. The van der Waals surface area contributed by atoms with Crippen molar-refractivity contribution in [2.45, 2.75) is 32.9 Å². The van der Waals surface area contributed by atoms with Crippen molar-refractivity contribution < 1.29 is 14.3 Å². The zero-order valence-electron chi connectivity index (χ0n) is 15.5. The van der Waals surface area contributed by atoms with Crippen molar-refractivity contribution in [2.24, 2.45) is 0 Å². The Bertz CT molecular complexity index is 809. The fourth-order valence-corrected chi connectivity index (χ4v) is 2.44. The van der Waals surface area contributed by atoms with E-state index in [2.05, 4.69) is 16.6 Å². The highest BCUT2D eigenvalue weighted by molar-refractivity contribution is 5.89. The first-order valence-corrected chi connectivity index (χ1v) is 8.41. The summed E-state index contributed by atoms with van der Waals surface area (Å²) in [5.41, 5.74) is 2.26. The summed E-state index contributed by atoms with van der Waals surface area (Å²) in [4.78, 5) is 12.2. The zero-order valence-corrected chi connectivity index (χ0v) is 15.5. The highest BCUT2D eigenvalue weighted by Crippen LogP contribution is 2.31.